The zero-order chi connectivity index (χ0) is 15.0. The van der Waals surface area contributed by atoms with Crippen LogP contribution in [0.3, 0.4) is 0 Å². The molecule has 0 saturated heterocycles. The lowest BCUT2D eigenvalue weighted by Crippen LogP contribution is -2.00. The van der Waals surface area contributed by atoms with E-state index in [1.807, 2.05) is 0 Å². The van der Waals surface area contributed by atoms with Gasteiger partial charge in [-0.1, -0.05) is 23.2 Å². The van der Waals surface area contributed by atoms with Crippen molar-refractivity contribution in [2.24, 2.45) is 7.05 Å². The Morgan fingerprint density at radius 3 is 2.45 bits per heavy atom. The molecule has 0 fully saturated rings. The van der Waals surface area contributed by atoms with Crippen molar-refractivity contribution < 1.29 is 13.7 Å². The molecule has 0 unspecified atom stereocenters. The summed E-state index contributed by atoms with van der Waals surface area (Å²) in [6.07, 6.45) is -2.82. The molecule has 6 nitrogen and oxygen atoms in total. The Bertz CT molecular complexity index is 690. The molecule has 0 spiro atoms. The molecule has 0 aliphatic rings. The zero-order valence-electron chi connectivity index (χ0n) is 9.85. The van der Waals surface area contributed by atoms with Crippen molar-refractivity contribution in [1.82, 2.24) is 14.8 Å². The number of benzene rings is 1. The standard InChI is InChI=1S/C10H6Cl2F2N4O2/c1-17-9(15-16-10(17)8(13)14)4-2-7(18(19)20)6(12)3-5(4)11/h2-3,8H,1H3. The normalized spacial score (nSPS) is 11.1. The van der Waals surface area contributed by atoms with E-state index in [4.69, 9.17) is 23.2 Å². The van der Waals surface area contributed by atoms with Gasteiger partial charge in [0.05, 0.1) is 9.95 Å². The fourth-order valence-corrected chi connectivity index (χ4v) is 2.15. The molecule has 1 heterocycles. The summed E-state index contributed by atoms with van der Waals surface area (Å²) >= 11 is 11.6. The second-order valence-corrected chi connectivity index (χ2v) is 4.60. The van der Waals surface area contributed by atoms with Gasteiger partial charge in [-0.2, -0.15) is 0 Å². The van der Waals surface area contributed by atoms with Crippen molar-refractivity contribution in [1.29, 1.82) is 0 Å². The topological polar surface area (TPSA) is 73.8 Å². The Balaban J connectivity index is 2.64. The van der Waals surface area contributed by atoms with Crippen LogP contribution in [0.25, 0.3) is 11.4 Å². The van der Waals surface area contributed by atoms with E-state index in [1.165, 1.54) is 7.05 Å². The molecule has 0 aliphatic carbocycles. The summed E-state index contributed by atoms with van der Waals surface area (Å²) in [6, 6.07) is 2.23. The van der Waals surface area contributed by atoms with E-state index in [-0.39, 0.29) is 21.4 Å². The number of aromatic nitrogens is 3. The quantitative estimate of drug-likeness (QED) is 0.638. The maximum absolute atomic E-state index is 12.6. The lowest BCUT2D eigenvalue weighted by molar-refractivity contribution is -0.384. The smallest absolute Gasteiger partial charge is 0.297 e. The Kier molecular flexibility index (Phi) is 3.87. The highest BCUT2D eigenvalue weighted by molar-refractivity contribution is 6.37. The van der Waals surface area contributed by atoms with E-state index in [9.17, 15) is 18.9 Å². The van der Waals surface area contributed by atoms with Gasteiger partial charge < -0.3 is 4.57 Å². The Labute approximate surface area is 121 Å². The van der Waals surface area contributed by atoms with Crippen molar-refractivity contribution in [3.05, 3.63) is 38.1 Å². The summed E-state index contributed by atoms with van der Waals surface area (Å²) in [6.45, 7) is 0. The van der Waals surface area contributed by atoms with E-state index >= 15 is 0 Å². The number of alkyl halides is 2. The molecule has 0 radical (unpaired) electrons. The molecule has 20 heavy (non-hydrogen) atoms. The van der Waals surface area contributed by atoms with Crippen LogP contribution in [0, 0.1) is 10.1 Å². The summed E-state index contributed by atoms with van der Waals surface area (Å²) in [5.41, 5.74) is -0.294. The molecule has 1 aromatic heterocycles. The Hall–Kier alpha value is -1.80. The van der Waals surface area contributed by atoms with Crippen molar-refractivity contribution in [3.63, 3.8) is 0 Å². The summed E-state index contributed by atoms with van der Waals surface area (Å²) in [5, 5.41) is 17.6. The van der Waals surface area contributed by atoms with Gasteiger partial charge in [0.2, 0.25) is 0 Å². The number of hydrogen-bond acceptors (Lipinski definition) is 4. The first-order valence-electron chi connectivity index (χ1n) is 5.14. The van der Waals surface area contributed by atoms with Crippen LogP contribution in [-0.4, -0.2) is 19.7 Å². The third-order valence-corrected chi connectivity index (χ3v) is 3.19. The average Bonchev–Trinajstić information content (AvgIpc) is 2.71. The highest BCUT2D eigenvalue weighted by Gasteiger charge is 2.23. The molecular formula is C10H6Cl2F2N4O2. The molecule has 0 bridgehead atoms. The maximum Gasteiger partial charge on any atom is 0.297 e. The predicted octanol–water partition coefficient (Wildman–Crippen LogP) is 3.63. The molecule has 0 atom stereocenters. The maximum atomic E-state index is 12.6. The van der Waals surface area contributed by atoms with Crippen LogP contribution in [0.15, 0.2) is 12.1 Å². The summed E-state index contributed by atoms with van der Waals surface area (Å²) < 4.78 is 26.3. The highest BCUT2D eigenvalue weighted by atomic mass is 35.5. The van der Waals surface area contributed by atoms with Gasteiger partial charge in [0.15, 0.2) is 11.6 Å². The zero-order valence-corrected chi connectivity index (χ0v) is 11.4. The Morgan fingerprint density at radius 2 is 1.95 bits per heavy atom. The molecule has 2 aromatic rings. The first-order valence-corrected chi connectivity index (χ1v) is 5.89. The molecule has 106 valence electrons. The molecule has 1 aromatic carbocycles. The van der Waals surface area contributed by atoms with Gasteiger partial charge in [-0.3, -0.25) is 10.1 Å². The van der Waals surface area contributed by atoms with Crippen molar-refractivity contribution in [2.45, 2.75) is 6.43 Å². The second-order valence-electron chi connectivity index (χ2n) is 3.78. The number of rotatable bonds is 3. The molecule has 0 saturated carbocycles. The van der Waals surface area contributed by atoms with E-state index < -0.39 is 22.9 Å². The van der Waals surface area contributed by atoms with Crippen LogP contribution in [0.1, 0.15) is 12.2 Å². The van der Waals surface area contributed by atoms with Gasteiger partial charge >= 0.3 is 0 Å². The molecule has 0 N–H and O–H groups in total. The van der Waals surface area contributed by atoms with E-state index in [2.05, 4.69) is 10.2 Å². The average molecular weight is 323 g/mol. The molecule has 0 amide bonds. The molecule has 0 aliphatic heterocycles. The SMILES string of the molecule is Cn1c(-c2cc([N+](=O)[O-])c(Cl)cc2Cl)nnc1C(F)F. The van der Waals surface area contributed by atoms with Gasteiger partial charge in [-0.15, -0.1) is 10.2 Å². The van der Waals surface area contributed by atoms with Crippen LogP contribution >= 0.6 is 23.2 Å². The van der Waals surface area contributed by atoms with Gasteiger partial charge in [0.25, 0.3) is 12.1 Å². The Morgan fingerprint density at radius 1 is 1.30 bits per heavy atom. The summed E-state index contributed by atoms with van der Waals surface area (Å²) in [7, 11) is 1.31. The minimum absolute atomic E-state index is 0.00920. The minimum Gasteiger partial charge on any atom is -0.309 e. The first-order chi connectivity index (χ1) is 9.32. The van der Waals surface area contributed by atoms with Crippen LogP contribution < -0.4 is 0 Å². The minimum atomic E-state index is -2.82. The summed E-state index contributed by atoms with van der Waals surface area (Å²) in [5.74, 6) is -0.571. The number of nitrogens with zero attached hydrogens (tertiary/aromatic N) is 4. The van der Waals surface area contributed by atoms with Gasteiger partial charge in [-0.05, 0) is 6.07 Å². The van der Waals surface area contributed by atoms with Crippen molar-refractivity contribution >= 4 is 28.9 Å². The van der Waals surface area contributed by atoms with Gasteiger partial charge in [-0.25, -0.2) is 8.78 Å². The van der Waals surface area contributed by atoms with Crippen LogP contribution in [0.2, 0.25) is 10.0 Å². The van der Waals surface area contributed by atoms with Crippen molar-refractivity contribution in [3.8, 4) is 11.4 Å². The number of nitro groups is 1. The number of nitro benzene ring substituents is 1. The first kappa shape index (κ1) is 14.6. The van der Waals surface area contributed by atoms with Crippen LogP contribution in [-0.2, 0) is 7.05 Å². The fourth-order valence-electron chi connectivity index (χ4n) is 1.61. The number of hydrogen-bond donors (Lipinski definition) is 0. The van der Waals surface area contributed by atoms with Gasteiger partial charge in [0.1, 0.15) is 5.02 Å². The summed E-state index contributed by atoms with van der Waals surface area (Å²) in [4.78, 5) is 10.1. The molecular weight excluding hydrogens is 317 g/mol. The highest BCUT2D eigenvalue weighted by Crippen LogP contribution is 2.36. The van der Waals surface area contributed by atoms with Crippen LogP contribution in [0.5, 0.6) is 0 Å². The second kappa shape index (κ2) is 5.29. The fraction of sp³-hybridized carbons (Fsp3) is 0.200. The van der Waals surface area contributed by atoms with E-state index in [0.29, 0.717) is 0 Å². The molecule has 2 rings (SSSR count). The molecule has 10 heteroatoms. The lowest BCUT2D eigenvalue weighted by atomic mass is 10.2. The largest absolute Gasteiger partial charge is 0.309 e. The monoisotopic (exact) mass is 322 g/mol. The van der Waals surface area contributed by atoms with Crippen LogP contribution in [0.4, 0.5) is 14.5 Å². The third-order valence-electron chi connectivity index (χ3n) is 2.58. The van der Waals surface area contributed by atoms with E-state index in [1.54, 1.807) is 0 Å². The van der Waals surface area contributed by atoms with Gasteiger partial charge in [0, 0.05) is 18.7 Å². The lowest BCUT2D eigenvalue weighted by Gasteiger charge is -2.06. The number of halogens is 4. The third kappa shape index (κ3) is 2.44. The van der Waals surface area contributed by atoms with E-state index in [0.717, 1.165) is 16.7 Å². The van der Waals surface area contributed by atoms with Crippen molar-refractivity contribution in [2.75, 3.05) is 0 Å². The predicted molar refractivity (Wildman–Crippen MR) is 68.1 cm³/mol.